The Bertz CT molecular complexity index is 1450. The summed E-state index contributed by atoms with van der Waals surface area (Å²) in [4.78, 5) is 2.38. The molecule has 4 aromatic rings. The molecule has 2 aliphatic rings. The Morgan fingerprint density at radius 2 is 1.51 bits per heavy atom. The summed E-state index contributed by atoms with van der Waals surface area (Å²) in [5, 5.41) is 2.69. The van der Waals surface area contributed by atoms with Crippen LogP contribution in [0.1, 0.15) is 5.56 Å². The molecule has 0 spiro atoms. The number of halogens is 2. The summed E-state index contributed by atoms with van der Waals surface area (Å²) in [6.07, 6.45) is 6.96. The largest absolute Gasteiger partial charge is 3.00 e. The van der Waals surface area contributed by atoms with Crippen molar-refractivity contribution in [1.29, 1.82) is 0 Å². The average molecular weight is 619 g/mol. The van der Waals surface area contributed by atoms with Crippen molar-refractivity contribution in [3.63, 3.8) is 0 Å². The second-order valence-electron chi connectivity index (χ2n) is 9.21. The van der Waals surface area contributed by atoms with E-state index in [1.54, 1.807) is 0 Å². The molecule has 1 aliphatic heterocycles. The van der Waals surface area contributed by atoms with E-state index in [9.17, 15) is 0 Å². The normalized spacial score (nSPS) is 12.9. The van der Waals surface area contributed by atoms with Crippen LogP contribution in [-0.2, 0) is 26.2 Å². The quantitative estimate of drug-likeness (QED) is 0.251. The maximum absolute atomic E-state index is 2.42. The topological polar surface area (TPSA) is 3.24 Å². The molecule has 0 saturated carbocycles. The number of benzene rings is 3. The van der Waals surface area contributed by atoms with E-state index in [0.717, 1.165) is 6.54 Å². The monoisotopic (exact) mass is 616 g/mol. The maximum Gasteiger partial charge on any atom is 3.00 e. The van der Waals surface area contributed by atoms with Gasteiger partial charge in [-0.05, 0) is 41.0 Å². The Labute approximate surface area is 254 Å². The van der Waals surface area contributed by atoms with Gasteiger partial charge >= 0.3 is 26.2 Å². The third-order valence-corrected chi connectivity index (χ3v) is 7.12. The molecule has 0 atom stereocenters. The SMILES string of the molecule is C[Si](C)=CC1=CC2=CCN(c3ccccc3)C2=C1.Cc1cc2c(-c3ccccc3)cccc2[cH-]1.[Cl-].[Cl-].[Zr+3]. The van der Waals surface area contributed by atoms with Gasteiger partial charge in [0.1, 0.15) is 0 Å². The van der Waals surface area contributed by atoms with Gasteiger partial charge in [-0.3, -0.25) is 0 Å². The first kappa shape index (κ1) is 31.1. The van der Waals surface area contributed by atoms with Crippen LogP contribution in [0.15, 0.2) is 126 Å². The van der Waals surface area contributed by atoms with E-state index in [2.05, 4.69) is 140 Å². The minimum Gasteiger partial charge on any atom is -1.00 e. The molecule has 185 valence electrons. The molecule has 1 nitrogen and oxygen atoms in total. The van der Waals surface area contributed by atoms with Crippen molar-refractivity contribution in [2.45, 2.75) is 20.0 Å². The molecule has 0 fully saturated rings. The number of anilines is 1. The zero-order valence-electron chi connectivity index (χ0n) is 21.4. The van der Waals surface area contributed by atoms with Crippen molar-refractivity contribution in [3.8, 4) is 11.1 Å². The minimum atomic E-state index is -0.313. The second kappa shape index (κ2) is 14.1. The first-order valence-corrected chi connectivity index (χ1v) is 14.5. The second-order valence-corrected chi connectivity index (χ2v) is 11.7. The van der Waals surface area contributed by atoms with E-state index in [1.807, 2.05) is 0 Å². The van der Waals surface area contributed by atoms with Crippen molar-refractivity contribution in [3.05, 3.63) is 132 Å². The van der Waals surface area contributed by atoms with E-state index in [-0.39, 0.29) is 59.4 Å². The van der Waals surface area contributed by atoms with Gasteiger partial charge in [0.2, 0.25) is 0 Å². The summed E-state index contributed by atoms with van der Waals surface area (Å²) in [6.45, 7) is 7.78. The van der Waals surface area contributed by atoms with Crippen molar-refractivity contribution in [2.24, 2.45) is 0 Å². The molecular formula is C32H30Cl2NSiZr. The maximum atomic E-state index is 2.42. The van der Waals surface area contributed by atoms with E-state index in [0.29, 0.717) is 0 Å². The van der Waals surface area contributed by atoms with Gasteiger partial charge in [0, 0.05) is 26.3 Å². The number of allylic oxidation sites excluding steroid dienone is 3. The Morgan fingerprint density at radius 3 is 2.19 bits per heavy atom. The molecule has 1 aliphatic carbocycles. The van der Waals surface area contributed by atoms with E-state index < -0.39 is 0 Å². The third kappa shape index (κ3) is 7.24. The number of rotatable bonds is 3. The van der Waals surface area contributed by atoms with Crippen molar-refractivity contribution in [1.82, 2.24) is 0 Å². The van der Waals surface area contributed by atoms with Gasteiger partial charge < -0.3 is 29.7 Å². The Morgan fingerprint density at radius 1 is 0.838 bits per heavy atom. The van der Waals surface area contributed by atoms with Crippen molar-refractivity contribution in [2.75, 3.05) is 11.4 Å². The summed E-state index contributed by atoms with van der Waals surface area (Å²) in [6, 6.07) is 32.2. The molecule has 1 heterocycles. The van der Waals surface area contributed by atoms with Gasteiger partial charge in [-0.1, -0.05) is 91.9 Å². The van der Waals surface area contributed by atoms with Crippen LogP contribution in [-0.4, -0.2) is 20.6 Å². The third-order valence-electron chi connectivity index (χ3n) is 6.21. The van der Waals surface area contributed by atoms with E-state index in [1.165, 1.54) is 50.0 Å². The molecule has 0 bridgehead atoms. The van der Waals surface area contributed by atoms with Gasteiger partial charge in [-0.2, -0.15) is 6.07 Å². The molecule has 0 unspecified atom stereocenters. The summed E-state index contributed by atoms with van der Waals surface area (Å²) in [5.74, 6) is 0. The molecule has 5 heteroatoms. The van der Waals surface area contributed by atoms with Crippen LogP contribution in [0.2, 0.25) is 13.1 Å². The number of fused-ring (bicyclic) bond motifs is 2. The predicted molar refractivity (Wildman–Crippen MR) is 151 cm³/mol. The van der Waals surface area contributed by atoms with Gasteiger partial charge in [0.25, 0.3) is 0 Å². The number of hydrogen-bond acceptors (Lipinski definition) is 1. The van der Waals surface area contributed by atoms with Crippen molar-refractivity contribution < 1.29 is 51.0 Å². The van der Waals surface area contributed by atoms with Crippen LogP contribution in [0, 0.1) is 6.92 Å². The number of para-hydroxylation sites is 1. The Hall–Kier alpha value is -2.16. The molecule has 4 aromatic carbocycles. The summed E-state index contributed by atoms with van der Waals surface area (Å²) in [5.41, 5.74) is 11.8. The van der Waals surface area contributed by atoms with Gasteiger partial charge in [-0.15, -0.1) is 34.5 Å². The summed E-state index contributed by atoms with van der Waals surface area (Å²) < 4.78 is 0. The summed E-state index contributed by atoms with van der Waals surface area (Å²) >= 11 is 0. The molecule has 0 saturated heterocycles. The smallest absolute Gasteiger partial charge is 1.00 e. The Balaban J connectivity index is 0.000000242. The van der Waals surface area contributed by atoms with Gasteiger partial charge in [0.15, 0.2) is 0 Å². The fourth-order valence-corrected chi connectivity index (χ4v) is 5.58. The fourth-order valence-electron chi connectivity index (χ4n) is 4.74. The molecule has 0 amide bonds. The molecule has 1 radical (unpaired) electrons. The minimum absolute atomic E-state index is 0. The zero-order chi connectivity index (χ0) is 23.5. The Kier molecular flexibility index (Phi) is 11.9. The number of hydrogen-bond donors (Lipinski definition) is 0. The number of aryl methyl sites for hydroxylation is 1. The van der Waals surface area contributed by atoms with Crippen molar-refractivity contribution >= 4 is 30.5 Å². The van der Waals surface area contributed by atoms with Gasteiger partial charge in [0.05, 0.1) is 0 Å². The zero-order valence-corrected chi connectivity index (χ0v) is 26.3. The fraction of sp³-hybridized carbons (Fsp3) is 0.125. The molecule has 37 heavy (non-hydrogen) atoms. The molecule has 0 N–H and O–H groups in total. The average Bonchev–Trinajstić information content (AvgIpc) is 3.53. The van der Waals surface area contributed by atoms with E-state index >= 15 is 0 Å². The first-order valence-electron chi connectivity index (χ1n) is 11.9. The molecule has 6 rings (SSSR count). The van der Waals surface area contributed by atoms with Crippen LogP contribution in [0.4, 0.5) is 5.69 Å². The van der Waals surface area contributed by atoms with Crippen LogP contribution < -0.4 is 29.7 Å². The summed E-state index contributed by atoms with van der Waals surface area (Å²) in [7, 11) is -0.313. The molecule has 0 aromatic heterocycles. The van der Waals surface area contributed by atoms with Crippen LogP contribution in [0.25, 0.3) is 21.9 Å². The van der Waals surface area contributed by atoms with Crippen LogP contribution in [0.5, 0.6) is 0 Å². The first-order chi connectivity index (χ1) is 16.6. The van der Waals surface area contributed by atoms with Crippen LogP contribution >= 0.6 is 0 Å². The van der Waals surface area contributed by atoms with Gasteiger partial charge in [-0.25, -0.2) is 0 Å². The van der Waals surface area contributed by atoms with E-state index in [4.69, 9.17) is 0 Å². The predicted octanol–water partition coefficient (Wildman–Crippen LogP) is 1.93. The molecular weight excluding hydrogens is 589 g/mol. The van der Waals surface area contributed by atoms with Crippen LogP contribution in [0.3, 0.4) is 0 Å². The number of nitrogens with zero attached hydrogens (tertiary/aromatic N) is 1. The standard InChI is InChI=1S/C16H17NSi.C16H13.2ClH.Zr/c1-18(2)12-13-10-14-8-9-17(16(14)11-13)15-6-4-3-5-7-15;1-12-10-14-8-5-9-15(16(14)11-12)13-6-3-2-4-7-13;;;/h3-8,10-12H,9H2,1-2H3;2-11H,1H3;2*1H;/q;-1;;;+3/p-2.